The van der Waals surface area contributed by atoms with E-state index >= 15 is 0 Å². The van der Waals surface area contributed by atoms with Gasteiger partial charge in [-0.3, -0.25) is 9.59 Å². The molecule has 0 aromatic heterocycles. The summed E-state index contributed by atoms with van der Waals surface area (Å²) in [6.07, 6.45) is 0.710. The van der Waals surface area contributed by atoms with Crippen LogP contribution in [0.1, 0.15) is 27.6 Å². The molecule has 0 heterocycles. The van der Waals surface area contributed by atoms with Crippen LogP contribution >= 0.6 is 0 Å². The van der Waals surface area contributed by atoms with Crippen LogP contribution in [0.2, 0.25) is 0 Å². The normalized spacial score (nSPS) is 9.31. The summed E-state index contributed by atoms with van der Waals surface area (Å²) in [5.74, 6) is -0.600. The highest BCUT2D eigenvalue weighted by atomic mass is 16.1. The van der Waals surface area contributed by atoms with Gasteiger partial charge in [-0.25, -0.2) is 0 Å². The molecule has 13 heavy (non-hydrogen) atoms. The first-order chi connectivity index (χ1) is 6.16. The monoisotopic (exact) mass is 175 g/mol. The van der Waals surface area contributed by atoms with Gasteiger partial charge in [-0.2, -0.15) is 0 Å². The summed E-state index contributed by atoms with van der Waals surface area (Å²) < 4.78 is 0. The fourth-order valence-electron chi connectivity index (χ4n) is 1.08. The summed E-state index contributed by atoms with van der Waals surface area (Å²) in [5, 5.41) is 6.80. The Morgan fingerprint density at radius 2 is 1.77 bits per heavy atom. The molecule has 3 nitrogen and oxygen atoms in total. The number of carbonyl (C=O) groups excluding carboxylic acids is 2. The third-order valence-corrected chi connectivity index (χ3v) is 1.70. The summed E-state index contributed by atoms with van der Waals surface area (Å²) in [5.41, 5.74) is 0.668. The molecule has 0 aliphatic carbocycles. The van der Waals surface area contributed by atoms with Gasteiger partial charge in [-0.15, -0.1) is 0 Å². The van der Waals surface area contributed by atoms with Crippen LogP contribution in [-0.2, 0) is 0 Å². The lowest BCUT2D eigenvalue weighted by atomic mass is 10.0. The lowest BCUT2D eigenvalue weighted by Gasteiger charge is -2.00. The minimum atomic E-state index is -0.439. The molecule has 0 atom stereocenters. The summed E-state index contributed by atoms with van der Waals surface area (Å²) in [6, 6.07) is 6.49. The standard InChI is InChI=1S/C10H9NO2/c1-7(12)8-4-2-3-5-9(8)10(13)6-11/h2-6,11H,1H3. The first-order valence-corrected chi connectivity index (χ1v) is 3.81. The van der Waals surface area contributed by atoms with Crippen molar-refractivity contribution in [3.05, 3.63) is 35.4 Å². The van der Waals surface area contributed by atoms with Crippen LogP contribution in [0.15, 0.2) is 24.3 Å². The van der Waals surface area contributed by atoms with Gasteiger partial charge in [0.05, 0.1) is 6.21 Å². The molecule has 0 spiro atoms. The van der Waals surface area contributed by atoms with Crippen molar-refractivity contribution in [3.8, 4) is 0 Å². The van der Waals surface area contributed by atoms with Crippen molar-refractivity contribution in [3.63, 3.8) is 0 Å². The Hall–Kier alpha value is -1.77. The summed E-state index contributed by atoms with van der Waals surface area (Å²) in [6.45, 7) is 1.40. The molecule has 0 saturated carbocycles. The van der Waals surface area contributed by atoms with Gasteiger partial charge in [-0.1, -0.05) is 24.3 Å². The summed E-state index contributed by atoms with van der Waals surface area (Å²) in [7, 11) is 0. The van der Waals surface area contributed by atoms with Gasteiger partial charge < -0.3 is 5.41 Å². The fourth-order valence-corrected chi connectivity index (χ4v) is 1.08. The van der Waals surface area contributed by atoms with Crippen LogP contribution in [0.3, 0.4) is 0 Å². The average molecular weight is 175 g/mol. The van der Waals surface area contributed by atoms with E-state index in [0.717, 1.165) is 0 Å². The molecule has 1 aromatic carbocycles. The van der Waals surface area contributed by atoms with Gasteiger partial charge in [-0.05, 0) is 6.92 Å². The third-order valence-electron chi connectivity index (χ3n) is 1.70. The van der Waals surface area contributed by atoms with E-state index in [2.05, 4.69) is 0 Å². The molecule has 0 radical (unpaired) electrons. The van der Waals surface area contributed by atoms with E-state index in [0.29, 0.717) is 17.3 Å². The topological polar surface area (TPSA) is 58.0 Å². The van der Waals surface area contributed by atoms with Crippen molar-refractivity contribution < 1.29 is 9.59 Å². The van der Waals surface area contributed by atoms with Crippen LogP contribution in [0.4, 0.5) is 0 Å². The predicted octanol–water partition coefficient (Wildman–Crippen LogP) is 1.72. The average Bonchev–Trinajstić information content (AvgIpc) is 2.16. The minimum Gasteiger partial charge on any atom is -0.305 e. The Kier molecular flexibility index (Phi) is 2.69. The molecule has 0 amide bonds. The first-order valence-electron chi connectivity index (χ1n) is 3.81. The van der Waals surface area contributed by atoms with Crippen LogP contribution in [0.25, 0.3) is 0 Å². The van der Waals surface area contributed by atoms with E-state index in [4.69, 9.17) is 5.41 Å². The number of rotatable bonds is 3. The lowest BCUT2D eigenvalue weighted by Crippen LogP contribution is -2.06. The molecule has 0 aliphatic heterocycles. The molecule has 0 unspecified atom stereocenters. The van der Waals surface area contributed by atoms with E-state index in [1.165, 1.54) is 6.92 Å². The second kappa shape index (κ2) is 3.76. The number of ketones is 2. The maximum atomic E-state index is 11.1. The van der Waals surface area contributed by atoms with Crippen molar-refractivity contribution in [2.75, 3.05) is 0 Å². The Labute approximate surface area is 75.9 Å². The van der Waals surface area contributed by atoms with Crippen molar-refractivity contribution in [2.24, 2.45) is 0 Å². The second-order valence-corrected chi connectivity index (χ2v) is 2.61. The number of hydrogen-bond acceptors (Lipinski definition) is 3. The number of Topliss-reactive ketones (excluding diaryl/α,β-unsaturated/α-hetero) is 2. The van der Waals surface area contributed by atoms with E-state index in [9.17, 15) is 9.59 Å². The zero-order valence-corrected chi connectivity index (χ0v) is 7.20. The third kappa shape index (κ3) is 1.87. The van der Waals surface area contributed by atoms with Crippen molar-refractivity contribution in [2.45, 2.75) is 6.92 Å². The summed E-state index contributed by atoms with van der Waals surface area (Å²) >= 11 is 0. The zero-order chi connectivity index (χ0) is 9.84. The molecule has 66 valence electrons. The molecular formula is C10H9NO2. The lowest BCUT2D eigenvalue weighted by molar-refractivity contribution is 0.0999. The molecular weight excluding hydrogens is 166 g/mol. The minimum absolute atomic E-state index is 0.161. The van der Waals surface area contributed by atoms with Gasteiger partial charge in [0.2, 0.25) is 5.78 Å². The molecule has 1 rings (SSSR count). The maximum absolute atomic E-state index is 11.1. The van der Waals surface area contributed by atoms with E-state index in [1.54, 1.807) is 24.3 Å². The highest BCUT2D eigenvalue weighted by Crippen LogP contribution is 2.09. The van der Waals surface area contributed by atoms with Gasteiger partial charge in [0, 0.05) is 11.1 Å². The Morgan fingerprint density at radius 1 is 1.23 bits per heavy atom. The molecule has 0 saturated heterocycles. The van der Waals surface area contributed by atoms with Crippen molar-refractivity contribution in [1.29, 1.82) is 5.41 Å². The van der Waals surface area contributed by atoms with Gasteiger partial charge in [0.1, 0.15) is 0 Å². The van der Waals surface area contributed by atoms with E-state index in [1.807, 2.05) is 0 Å². The van der Waals surface area contributed by atoms with E-state index < -0.39 is 5.78 Å². The molecule has 3 heteroatoms. The van der Waals surface area contributed by atoms with Crippen LogP contribution in [0, 0.1) is 5.41 Å². The molecule has 0 aliphatic rings. The maximum Gasteiger partial charge on any atom is 0.204 e. The number of carbonyl (C=O) groups is 2. The highest BCUT2D eigenvalue weighted by molar-refractivity contribution is 6.36. The Morgan fingerprint density at radius 3 is 2.23 bits per heavy atom. The van der Waals surface area contributed by atoms with Gasteiger partial charge in [0.15, 0.2) is 5.78 Å². The smallest absolute Gasteiger partial charge is 0.204 e. The predicted molar refractivity (Wildman–Crippen MR) is 49.6 cm³/mol. The van der Waals surface area contributed by atoms with Gasteiger partial charge in [0.25, 0.3) is 0 Å². The fraction of sp³-hybridized carbons (Fsp3) is 0.100. The largest absolute Gasteiger partial charge is 0.305 e. The Bertz CT molecular complexity index is 369. The highest BCUT2D eigenvalue weighted by Gasteiger charge is 2.10. The Balaban J connectivity index is 3.27. The quantitative estimate of drug-likeness (QED) is 0.561. The SMILES string of the molecule is CC(=O)c1ccccc1C(=O)C=N. The number of benzene rings is 1. The first kappa shape index (κ1) is 9.32. The number of hydrogen-bond donors (Lipinski definition) is 1. The van der Waals surface area contributed by atoms with Crippen LogP contribution < -0.4 is 0 Å². The zero-order valence-electron chi connectivity index (χ0n) is 7.20. The van der Waals surface area contributed by atoms with Crippen LogP contribution in [0.5, 0.6) is 0 Å². The molecule has 0 bridgehead atoms. The summed E-state index contributed by atoms with van der Waals surface area (Å²) in [4.78, 5) is 22.2. The molecule has 0 fully saturated rings. The van der Waals surface area contributed by atoms with Gasteiger partial charge >= 0.3 is 0 Å². The number of nitrogens with one attached hydrogen (secondary N) is 1. The molecule has 1 N–H and O–H groups in total. The van der Waals surface area contributed by atoms with Crippen LogP contribution in [-0.4, -0.2) is 17.8 Å². The molecule has 1 aromatic rings. The van der Waals surface area contributed by atoms with Crippen molar-refractivity contribution in [1.82, 2.24) is 0 Å². The van der Waals surface area contributed by atoms with E-state index in [-0.39, 0.29) is 5.78 Å². The second-order valence-electron chi connectivity index (χ2n) is 2.61. The van der Waals surface area contributed by atoms with Crippen molar-refractivity contribution >= 4 is 17.8 Å².